The summed E-state index contributed by atoms with van der Waals surface area (Å²) in [4.78, 5) is 15.7. The van der Waals surface area contributed by atoms with Crippen LogP contribution >= 0.6 is 0 Å². The van der Waals surface area contributed by atoms with Crippen molar-refractivity contribution in [3.8, 4) is 0 Å². The quantitative estimate of drug-likeness (QED) is 0.481. The van der Waals surface area contributed by atoms with Gasteiger partial charge in [0, 0.05) is 36.4 Å². The molecular weight excluding hydrogens is 358 g/mol. The first-order chi connectivity index (χ1) is 14.3. The van der Waals surface area contributed by atoms with Gasteiger partial charge in [0.25, 0.3) is 0 Å². The average Bonchev–Trinajstić information content (AvgIpc) is 2.78. The van der Waals surface area contributed by atoms with Crippen LogP contribution < -0.4 is 10.2 Å². The summed E-state index contributed by atoms with van der Waals surface area (Å²) < 4.78 is 0. The van der Waals surface area contributed by atoms with Crippen LogP contribution in [0.25, 0.3) is 0 Å². The normalized spacial score (nSPS) is 10.5. The molecule has 4 aromatic rings. The van der Waals surface area contributed by atoms with Gasteiger partial charge in [0.05, 0.1) is 6.54 Å². The van der Waals surface area contributed by atoms with E-state index in [0.29, 0.717) is 19.0 Å². The Kier molecular flexibility index (Phi) is 5.76. The number of aryl methyl sites for hydroxylation is 1. The van der Waals surface area contributed by atoms with Gasteiger partial charge >= 0.3 is 0 Å². The minimum Gasteiger partial charge on any atom is -0.366 e. The van der Waals surface area contributed by atoms with Crippen LogP contribution in [0.2, 0.25) is 0 Å². The highest BCUT2D eigenvalue weighted by Gasteiger charge is 2.14. The predicted molar refractivity (Wildman–Crippen MR) is 117 cm³/mol. The molecule has 2 aromatic carbocycles. The maximum Gasteiger partial charge on any atom is 0.232 e. The third kappa shape index (κ3) is 4.96. The van der Waals surface area contributed by atoms with Gasteiger partial charge in [-0.3, -0.25) is 4.98 Å². The first kappa shape index (κ1) is 18.6. The van der Waals surface area contributed by atoms with Crippen LogP contribution in [0.1, 0.15) is 16.8 Å². The standard InChI is InChI=1S/C24H23N5/c1-19-16-23(26-17-20-12-14-25-15-13-20)28-24(27-19)29(22-10-6-3-7-11-22)18-21-8-4-2-5-9-21/h2-16H,17-18H2,1H3,(H,26,27,28). The fraction of sp³-hybridized carbons (Fsp3) is 0.125. The van der Waals surface area contributed by atoms with E-state index in [9.17, 15) is 0 Å². The Morgan fingerprint density at radius 1 is 0.793 bits per heavy atom. The van der Waals surface area contributed by atoms with E-state index < -0.39 is 0 Å². The van der Waals surface area contributed by atoms with Crippen molar-refractivity contribution in [3.63, 3.8) is 0 Å². The van der Waals surface area contributed by atoms with Gasteiger partial charge in [-0.2, -0.15) is 4.98 Å². The molecule has 0 aliphatic heterocycles. The monoisotopic (exact) mass is 381 g/mol. The second-order valence-electron chi connectivity index (χ2n) is 6.81. The summed E-state index contributed by atoms with van der Waals surface area (Å²) in [6.45, 7) is 3.37. The first-order valence-electron chi connectivity index (χ1n) is 9.63. The Hall–Kier alpha value is -3.73. The van der Waals surface area contributed by atoms with Gasteiger partial charge in [0.1, 0.15) is 5.82 Å². The maximum atomic E-state index is 4.81. The van der Waals surface area contributed by atoms with Crippen molar-refractivity contribution < 1.29 is 0 Å². The number of nitrogens with zero attached hydrogens (tertiary/aromatic N) is 4. The van der Waals surface area contributed by atoms with Crippen LogP contribution in [-0.2, 0) is 13.1 Å². The highest BCUT2D eigenvalue weighted by molar-refractivity contribution is 5.59. The Balaban J connectivity index is 1.64. The van der Waals surface area contributed by atoms with E-state index in [1.807, 2.05) is 49.4 Å². The molecule has 4 rings (SSSR count). The van der Waals surface area contributed by atoms with Crippen LogP contribution in [0.15, 0.2) is 91.3 Å². The average molecular weight is 381 g/mol. The summed E-state index contributed by atoms with van der Waals surface area (Å²) >= 11 is 0. The fourth-order valence-electron chi connectivity index (χ4n) is 3.11. The molecule has 0 aliphatic rings. The van der Waals surface area contributed by atoms with Crippen molar-refractivity contribution in [3.05, 3.63) is 108 Å². The van der Waals surface area contributed by atoms with Gasteiger partial charge < -0.3 is 10.2 Å². The van der Waals surface area contributed by atoms with Gasteiger partial charge in [-0.05, 0) is 42.3 Å². The lowest BCUT2D eigenvalue weighted by Gasteiger charge is -2.24. The number of hydrogen-bond acceptors (Lipinski definition) is 5. The summed E-state index contributed by atoms with van der Waals surface area (Å²) in [6.07, 6.45) is 3.59. The molecule has 2 aromatic heterocycles. The molecule has 0 radical (unpaired) electrons. The first-order valence-corrected chi connectivity index (χ1v) is 9.63. The lowest BCUT2D eigenvalue weighted by atomic mass is 10.2. The molecule has 0 spiro atoms. The van der Waals surface area contributed by atoms with Crippen LogP contribution in [0.4, 0.5) is 17.5 Å². The number of hydrogen-bond donors (Lipinski definition) is 1. The number of rotatable bonds is 7. The van der Waals surface area contributed by atoms with Crippen molar-refractivity contribution >= 4 is 17.5 Å². The molecule has 5 nitrogen and oxygen atoms in total. The lowest BCUT2D eigenvalue weighted by molar-refractivity contribution is 0.900. The molecule has 5 heteroatoms. The van der Waals surface area contributed by atoms with Crippen molar-refractivity contribution in [2.45, 2.75) is 20.0 Å². The van der Waals surface area contributed by atoms with Crippen molar-refractivity contribution in [1.29, 1.82) is 0 Å². The third-order valence-corrected chi connectivity index (χ3v) is 4.56. The number of para-hydroxylation sites is 1. The third-order valence-electron chi connectivity index (χ3n) is 4.56. The minimum atomic E-state index is 0.678. The van der Waals surface area contributed by atoms with Gasteiger partial charge in [-0.1, -0.05) is 48.5 Å². The fourth-order valence-corrected chi connectivity index (χ4v) is 3.11. The largest absolute Gasteiger partial charge is 0.366 e. The summed E-state index contributed by atoms with van der Waals surface area (Å²) in [5.41, 5.74) is 4.33. The zero-order chi connectivity index (χ0) is 19.9. The molecule has 0 bridgehead atoms. The second kappa shape index (κ2) is 8.97. The Labute approximate surface area is 171 Å². The van der Waals surface area contributed by atoms with Crippen molar-refractivity contribution in [2.24, 2.45) is 0 Å². The molecule has 0 fully saturated rings. The predicted octanol–water partition coefficient (Wildman–Crippen LogP) is 5.13. The molecular formula is C24H23N5. The molecule has 0 saturated heterocycles. The Morgan fingerprint density at radius 3 is 2.21 bits per heavy atom. The highest BCUT2D eigenvalue weighted by atomic mass is 15.3. The molecule has 0 aliphatic carbocycles. The van der Waals surface area contributed by atoms with E-state index in [1.165, 1.54) is 5.56 Å². The van der Waals surface area contributed by atoms with Crippen LogP contribution in [0, 0.1) is 6.92 Å². The molecule has 2 heterocycles. The van der Waals surface area contributed by atoms with E-state index in [1.54, 1.807) is 12.4 Å². The van der Waals surface area contributed by atoms with Gasteiger partial charge in [-0.25, -0.2) is 4.98 Å². The number of aromatic nitrogens is 3. The Morgan fingerprint density at radius 2 is 1.48 bits per heavy atom. The second-order valence-corrected chi connectivity index (χ2v) is 6.81. The molecule has 29 heavy (non-hydrogen) atoms. The lowest BCUT2D eigenvalue weighted by Crippen LogP contribution is -2.20. The van der Waals surface area contributed by atoms with Crippen molar-refractivity contribution in [2.75, 3.05) is 10.2 Å². The van der Waals surface area contributed by atoms with Crippen LogP contribution in [0.5, 0.6) is 0 Å². The summed E-state index contributed by atoms with van der Waals surface area (Å²) in [5.74, 6) is 1.48. The van der Waals surface area contributed by atoms with E-state index in [0.717, 1.165) is 22.8 Å². The van der Waals surface area contributed by atoms with Crippen LogP contribution in [-0.4, -0.2) is 15.0 Å². The zero-order valence-corrected chi connectivity index (χ0v) is 16.4. The number of pyridine rings is 1. The van der Waals surface area contributed by atoms with E-state index >= 15 is 0 Å². The topological polar surface area (TPSA) is 53.9 Å². The molecule has 0 amide bonds. The molecule has 144 valence electrons. The van der Waals surface area contributed by atoms with Gasteiger partial charge in [0.15, 0.2) is 0 Å². The number of anilines is 3. The van der Waals surface area contributed by atoms with E-state index in [-0.39, 0.29) is 0 Å². The van der Waals surface area contributed by atoms with E-state index in [4.69, 9.17) is 9.97 Å². The molecule has 0 atom stereocenters. The van der Waals surface area contributed by atoms with Gasteiger partial charge in [-0.15, -0.1) is 0 Å². The maximum absolute atomic E-state index is 4.81. The van der Waals surface area contributed by atoms with Gasteiger partial charge in [0.2, 0.25) is 5.95 Å². The molecule has 0 saturated carbocycles. The number of benzene rings is 2. The highest BCUT2D eigenvalue weighted by Crippen LogP contribution is 2.26. The van der Waals surface area contributed by atoms with Crippen molar-refractivity contribution in [1.82, 2.24) is 15.0 Å². The summed E-state index contributed by atoms with van der Waals surface area (Å²) in [5, 5.41) is 3.41. The summed E-state index contributed by atoms with van der Waals surface area (Å²) in [7, 11) is 0. The van der Waals surface area contributed by atoms with Crippen LogP contribution in [0.3, 0.4) is 0 Å². The molecule has 0 unspecified atom stereocenters. The molecule has 1 N–H and O–H groups in total. The Bertz CT molecular complexity index is 1040. The SMILES string of the molecule is Cc1cc(NCc2ccncc2)nc(N(Cc2ccccc2)c2ccccc2)n1. The number of nitrogens with one attached hydrogen (secondary N) is 1. The van der Waals surface area contributed by atoms with E-state index in [2.05, 4.69) is 51.6 Å². The zero-order valence-electron chi connectivity index (χ0n) is 16.4. The smallest absolute Gasteiger partial charge is 0.232 e. The summed E-state index contributed by atoms with van der Waals surface area (Å²) in [6, 6.07) is 26.6. The minimum absolute atomic E-state index is 0.678.